The Bertz CT molecular complexity index is 596. The third-order valence-corrected chi connectivity index (χ3v) is 5.40. The van der Waals surface area contributed by atoms with Crippen LogP contribution in [0.25, 0.3) is 0 Å². The molecule has 0 radical (unpaired) electrons. The summed E-state index contributed by atoms with van der Waals surface area (Å²) in [5.74, 6) is -1.12. The van der Waals surface area contributed by atoms with Crippen molar-refractivity contribution in [3.63, 3.8) is 0 Å². The standard InChI is InChI=1S/C15H23NO4S/c1-4-6-7-10-16(3)21(19,20)14-11-13(15(17)18)9-8-12(14)5-2/h8-9,11H,4-7,10H2,1-3H3,(H,17,18). The fourth-order valence-corrected chi connectivity index (χ4v) is 3.62. The Morgan fingerprint density at radius 2 is 1.90 bits per heavy atom. The highest BCUT2D eigenvalue weighted by Crippen LogP contribution is 2.22. The summed E-state index contributed by atoms with van der Waals surface area (Å²) < 4.78 is 26.5. The predicted molar refractivity (Wildman–Crippen MR) is 82.1 cm³/mol. The number of rotatable bonds is 8. The van der Waals surface area contributed by atoms with Crippen molar-refractivity contribution in [2.24, 2.45) is 0 Å². The van der Waals surface area contributed by atoms with E-state index in [4.69, 9.17) is 5.11 Å². The van der Waals surface area contributed by atoms with Crippen LogP contribution in [0.5, 0.6) is 0 Å². The van der Waals surface area contributed by atoms with Crippen molar-refractivity contribution in [3.05, 3.63) is 29.3 Å². The second kappa shape index (κ2) is 7.56. The van der Waals surface area contributed by atoms with Crippen molar-refractivity contribution in [2.75, 3.05) is 13.6 Å². The number of carboxylic acid groups (broad SMARTS) is 1. The van der Waals surface area contributed by atoms with Gasteiger partial charge in [-0.2, -0.15) is 0 Å². The van der Waals surface area contributed by atoms with E-state index in [-0.39, 0.29) is 10.5 Å². The highest BCUT2D eigenvalue weighted by Gasteiger charge is 2.24. The molecule has 0 atom stereocenters. The van der Waals surface area contributed by atoms with Crippen molar-refractivity contribution in [3.8, 4) is 0 Å². The molecule has 1 aromatic rings. The van der Waals surface area contributed by atoms with E-state index in [1.165, 1.54) is 23.5 Å². The quantitative estimate of drug-likeness (QED) is 0.749. The van der Waals surface area contributed by atoms with Crippen LogP contribution in [0.3, 0.4) is 0 Å². The maximum absolute atomic E-state index is 12.6. The average Bonchev–Trinajstić information content (AvgIpc) is 2.46. The van der Waals surface area contributed by atoms with E-state index in [1.54, 1.807) is 6.07 Å². The molecule has 6 heteroatoms. The van der Waals surface area contributed by atoms with Crippen molar-refractivity contribution in [1.82, 2.24) is 4.31 Å². The summed E-state index contributed by atoms with van der Waals surface area (Å²) in [5.41, 5.74) is 0.634. The zero-order chi connectivity index (χ0) is 16.0. The van der Waals surface area contributed by atoms with Crippen LogP contribution >= 0.6 is 0 Å². The van der Waals surface area contributed by atoms with Gasteiger partial charge in [0.2, 0.25) is 10.0 Å². The molecule has 5 nitrogen and oxygen atoms in total. The van der Waals surface area contributed by atoms with Gasteiger partial charge in [-0.15, -0.1) is 0 Å². The number of benzene rings is 1. The molecule has 0 spiro atoms. The van der Waals surface area contributed by atoms with Crippen molar-refractivity contribution in [2.45, 2.75) is 44.4 Å². The van der Waals surface area contributed by atoms with Gasteiger partial charge in [0.15, 0.2) is 0 Å². The van der Waals surface area contributed by atoms with Crippen LogP contribution in [0.2, 0.25) is 0 Å². The minimum absolute atomic E-state index is 0.00673. The molecule has 1 aromatic carbocycles. The van der Waals surface area contributed by atoms with E-state index in [9.17, 15) is 13.2 Å². The Kier molecular flexibility index (Phi) is 6.36. The molecule has 0 saturated carbocycles. The van der Waals surface area contributed by atoms with Gasteiger partial charge in [-0.05, 0) is 30.5 Å². The molecule has 0 aliphatic carbocycles. The van der Waals surface area contributed by atoms with Gasteiger partial charge in [0.1, 0.15) is 0 Å². The SMILES string of the molecule is CCCCCN(C)S(=O)(=O)c1cc(C(=O)O)ccc1CC. The van der Waals surface area contributed by atoms with Gasteiger partial charge in [-0.25, -0.2) is 17.5 Å². The normalized spacial score (nSPS) is 11.8. The predicted octanol–water partition coefficient (Wildman–Crippen LogP) is 2.76. The van der Waals surface area contributed by atoms with E-state index < -0.39 is 16.0 Å². The van der Waals surface area contributed by atoms with Crippen LogP contribution in [0, 0.1) is 0 Å². The second-order valence-electron chi connectivity index (χ2n) is 5.01. The number of hydrogen-bond acceptors (Lipinski definition) is 3. The third kappa shape index (κ3) is 4.28. The lowest BCUT2D eigenvalue weighted by Gasteiger charge is -2.19. The van der Waals surface area contributed by atoms with E-state index in [1.807, 2.05) is 6.92 Å². The number of sulfonamides is 1. The molecule has 0 fully saturated rings. The van der Waals surface area contributed by atoms with Crippen LogP contribution < -0.4 is 0 Å². The molecule has 0 heterocycles. The smallest absolute Gasteiger partial charge is 0.335 e. The zero-order valence-electron chi connectivity index (χ0n) is 12.8. The molecule has 0 saturated heterocycles. The molecule has 21 heavy (non-hydrogen) atoms. The minimum atomic E-state index is -3.65. The van der Waals surface area contributed by atoms with Crippen molar-refractivity contribution >= 4 is 16.0 Å². The number of carboxylic acids is 1. The summed E-state index contributed by atoms with van der Waals surface area (Å²) in [6.45, 7) is 4.35. The molecule has 0 bridgehead atoms. The zero-order valence-corrected chi connectivity index (χ0v) is 13.6. The minimum Gasteiger partial charge on any atom is -0.478 e. The summed E-state index contributed by atoms with van der Waals surface area (Å²) in [6.07, 6.45) is 3.32. The fourth-order valence-electron chi connectivity index (χ4n) is 2.09. The Balaban J connectivity index is 3.16. The number of aromatic carboxylic acids is 1. The van der Waals surface area contributed by atoms with Crippen LogP contribution in [0.4, 0.5) is 0 Å². The first-order valence-corrected chi connectivity index (χ1v) is 8.61. The molecule has 0 unspecified atom stereocenters. The number of carbonyl (C=O) groups is 1. The second-order valence-corrected chi connectivity index (χ2v) is 7.03. The first-order valence-electron chi connectivity index (χ1n) is 7.17. The average molecular weight is 313 g/mol. The lowest BCUT2D eigenvalue weighted by Crippen LogP contribution is -2.29. The summed E-state index contributed by atoms with van der Waals surface area (Å²) in [7, 11) is -2.11. The molecular weight excluding hydrogens is 290 g/mol. The molecule has 0 aliphatic heterocycles. The largest absolute Gasteiger partial charge is 0.478 e. The lowest BCUT2D eigenvalue weighted by molar-refractivity contribution is 0.0696. The first-order chi connectivity index (χ1) is 9.84. The molecule has 1 rings (SSSR count). The van der Waals surface area contributed by atoms with E-state index in [0.29, 0.717) is 18.5 Å². The Hall–Kier alpha value is -1.40. The summed E-state index contributed by atoms with van der Waals surface area (Å²) in [5, 5.41) is 9.04. The molecular formula is C15H23NO4S. The summed E-state index contributed by atoms with van der Waals surface area (Å²) in [4.78, 5) is 11.2. The first kappa shape index (κ1) is 17.7. The summed E-state index contributed by atoms with van der Waals surface area (Å²) in [6, 6.07) is 4.28. The topological polar surface area (TPSA) is 74.7 Å². The number of nitrogens with zero attached hydrogens (tertiary/aromatic N) is 1. The van der Waals surface area contributed by atoms with Crippen LogP contribution in [-0.4, -0.2) is 37.4 Å². The van der Waals surface area contributed by atoms with Gasteiger partial charge in [0, 0.05) is 13.6 Å². The highest BCUT2D eigenvalue weighted by atomic mass is 32.2. The number of hydrogen-bond donors (Lipinski definition) is 1. The maximum atomic E-state index is 12.6. The molecule has 118 valence electrons. The number of aryl methyl sites for hydroxylation is 1. The van der Waals surface area contributed by atoms with E-state index >= 15 is 0 Å². The van der Waals surface area contributed by atoms with Crippen LogP contribution in [-0.2, 0) is 16.4 Å². The third-order valence-electron chi connectivity index (χ3n) is 3.46. The Labute approximate surface area is 126 Å². The monoisotopic (exact) mass is 313 g/mol. The Morgan fingerprint density at radius 1 is 1.24 bits per heavy atom. The molecule has 1 N–H and O–H groups in total. The van der Waals surface area contributed by atoms with Gasteiger partial charge in [-0.3, -0.25) is 0 Å². The summed E-state index contributed by atoms with van der Waals surface area (Å²) >= 11 is 0. The van der Waals surface area contributed by atoms with E-state index in [2.05, 4.69) is 6.92 Å². The van der Waals surface area contributed by atoms with Gasteiger partial charge >= 0.3 is 5.97 Å². The van der Waals surface area contributed by atoms with Gasteiger partial charge < -0.3 is 5.11 Å². The molecule has 0 amide bonds. The van der Waals surface area contributed by atoms with Gasteiger partial charge in [-0.1, -0.05) is 32.8 Å². The van der Waals surface area contributed by atoms with Gasteiger partial charge in [0.05, 0.1) is 10.5 Å². The van der Waals surface area contributed by atoms with Crippen LogP contribution in [0.1, 0.15) is 49.0 Å². The van der Waals surface area contributed by atoms with E-state index in [0.717, 1.165) is 19.3 Å². The number of unbranched alkanes of at least 4 members (excludes halogenated alkanes) is 2. The fraction of sp³-hybridized carbons (Fsp3) is 0.533. The maximum Gasteiger partial charge on any atom is 0.335 e. The van der Waals surface area contributed by atoms with Crippen molar-refractivity contribution in [1.29, 1.82) is 0 Å². The highest BCUT2D eigenvalue weighted by molar-refractivity contribution is 7.89. The van der Waals surface area contributed by atoms with Crippen LogP contribution in [0.15, 0.2) is 23.1 Å². The van der Waals surface area contributed by atoms with Gasteiger partial charge in [0.25, 0.3) is 0 Å². The molecule has 0 aromatic heterocycles. The lowest BCUT2D eigenvalue weighted by atomic mass is 10.1. The Morgan fingerprint density at radius 3 is 2.43 bits per heavy atom. The van der Waals surface area contributed by atoms with Crippen molar-refractivity contribution < 1.29 is 18.3 Å². The molecule has 0 aliphatic rings.